The minimum absolute atomic E-state index is 0.0439. The summed E-state index contributed by atoms with van der Waals surface area (Å²) in [5, 5.41) is 3.00. The number of benzene rings is 2. The van der Waals surface area contributed by atoms with E-state index >= 15 is 0 Å². The summed E-state index contributed by atoms with van der Waals surface area (Å²) in [7, 11) is -2.15. The SMILES string of the molecule is CNCc1cc(F)c(S(C)(=O)=O)cc1Oc1ccc(Cl)cc1F. The molecule has 4 nitrogen and oxygen atoms in total. The first-order valence-electron chi connectivity index (χ1n) is 6.52. The molecule has 0 atom stereocenters. The average Bonchev–Trinajstić information content (AvgIpc) is 2.43. The second kappa shape index (κ2) is 6.82. The molecule has 0 unspecified atom stereocenters. The minimum atomic E-state index is -3.79. The predicted molar refractivity (Wildman–Crippen MR) is 83.8 cm³/mol. The van der Waals surface area contributed by atoms with Crippen LogP contribution in [0.3, 0.4) is 0 Å². The standard InChI is InChI=1S/C15H14ClF2NO3S/c1-19-8-9-5-12(18)15(23(2,20)21)7-14(9)22-13-4-3-10(16)6-11(13)17/h3-7,19H,8H2,1-2H3. The fraction of sp³-hybridized carbons (Fsp3) is 0.200. The predicted octanol–water partition coefficient (Wildman–Crippen LogP) is 3.53. The van der Waals surface area contributed by atoms with Crippen molar-refractivity contribution in [1.82, 2.24) is 5.32 Å². The second-order valence-electron chi connectivity index (χ2n) is 4.87. The molecule has 23 heavy (non-hydrogen) atoms. The summed E-state index contributed by atoms with van der Waals surface area (Å²) in [5.74, 6) is -1.69. The molecule has 0 bridgehead atoms. The number of hydrogen-bond acceptors (Lipinski definition) is 4. The minimum Gasteiger partial charge on any atom is -0.454 e. The number of hydrogen-bond donors (Lipinski definition) is 1. The Morgan fingerprint density at radius 2 is 1.83 bits per heavy atom. The fourth-order valence-electron chi connectivity index (χ4n) is 1.96. The number of halogens is 3. The van der Waals surface area contributed by atoms with Crippen molar-refractivity contribution >= 4 is 21.4 Å². The molecule has 0 aromatic heterocycles. The topological polar surface area (TPSA) is 55.4 Å². The quantitative estimate of drug-likeness (QED) is 0.885. The molecule has 0 radical (unpaired) electrons. The Hall–Kier alpha value is -1.70. The van der Waals surface area contributed by atoms with E-state index in [1.165, 1.54) is 12.1 Å². The maximum absolute atomic E-state index is 14.0. The molecule has 0 amide bonds. The maximum atomic E-state index is 14.0. The van der Waals surface area contributed by atoms with Crippen molar-refractivity contribution in [3.63, 3.8) is 0 Å². The molecule has 1 N–H and O–H groups in total. The summed E-state index contributed by atoms with van der Waals surface area (Å²) in [4.78, 5) is -0.512. The van der Waals surface area contributed by atoms with Crippen molar-refractivity contribution in [1.29, 1.82) is 0 Å². The van der Waals surface area contributed by atoms with E-state index in [0.717, 1.165) is 24.5 Å². The zero-order valence-corrected chi connectivity index (χ0v) is 13.9. The van der Waals surface area contributed by atoms with Gasteiger partial charge in [-0.3, -0.25) is 0 Å². The van der Waals surface area contributed by atoms with Crippen LogP contribution in [0, 0.1) is 11.6 Å². The van der Waals surface area contributed by atoms with Gasteiger partial charge in [-0.15, -0.1) is 0 Å². The number of rotatable bonds is 5. The zero-order chi connectivity index (χ0) is 17.2. The Morgan fingerprint density at radius 1 is 1.13 bits per heavy atom. The van der Waals surface area contributed by atoms with Gasteiger partial charge in [-0.2, -0.15) is 0 Å². The lowest BCUT2D eigenvalue weighted by molar-refractivity contribution is 0.432. The molecule has 0 spiro atoms. The van der Waals surface area contributed by atoms with Crippen LogP contribution >= 0.6 is 11.6 Å². The highest BCUT2D eigenvalue weighted by atomic mass is 35.5. The van der Waals surface area contributed by atoms with Crippen molar-refractivity contribution in [2.24, 2.45) is 0 Å². The van der Waals surface area contributed by atoms with E-state index in [-0.39, 0.29) is 23.1 Å². The lowest BCUT2D eigenvalue weighted by Crippen LogP contribution is -2.09. The molecule has 0 aliphatic heterocycles. The second-order valence-corrected chi connectivity index (χ2v) is 7.29. The molecule has 2 aromatic rings. The Balaban J connectivity index is 2.54. The molecule has 8 heteroatoms. The molecule has 0 saturated carbocycles. The Kier molecular flexibility index (Phi) is 5.23. The smallest absolute Gasteiger partial charge is 0.178 e. The van der Waals surface area contributed by atoms with Crippen LogP contribution < -0.4 is 10.1 Å². The monoisotopic (exact) mass is 361 g/mol. The molecular formula is C15H14ClF2NO3S. The van der Waals surface area contributed by atoms with Crippen molar-refractivity contribution in [2.45, 2.75) is 11.4 Å². The first-order valence-corrected chi connectivity index (χ1v) is 8.79. The van der Waals surface area contributed by atoms with Gasteiger partial charge in [-0.25, -0.2) is 17.2 Å². The van der Waals surface area contributed by atoms with Crippen LogP contribution in [0.15, 0.2) is 35.2 Å². The molecular weight excluding hydrogens is 348 g/mol. The van der Waals surface area contributed by atoms with Crippen LogP contribution in [-0.2, 0) is 16.4 Å². The number of nitrogens with one attached hydrogen (secondary N) is 1. The lowest BCUT2D eigenvalue weighted by atomic mass is 10.2. The van der Waals surface area contributed by atoms with E-state index < -0.39 is 26.4 Å². The van der Waals surface area contributed by atoms with Crippen LogP contribution in [0.4, 0.5) is 8.78 Å². The van der Waals surface area contributed by atoms with Gasteiger partial charge >= 0.3 is 0 Å². The molecule has 2 aromatic carbocycles. The zero-order valence-electron chi connectivity index (χ0n) is 12.4. The van der Waals surface area contributed by atoms with Gasteiger partial charge in [-0.05, 0) is 31.3 Å². The van der Waals surface area contributed by atoms with Gasteiger partial charge in [0.2, 0.25) is 0 Å². The van der Waals surface area contributed by atoms with E-state index in [2.05, 4.69) is 5.32 Å². The summed E-state index contributed by atoms with van der Waals surface area (Å²) >= 11 is 5.67. The summed E-state index contributed by atoms with van der Waals surface area (Å²) < 4.78 is 56.5. The molecule has 0 saturated heterocycles. The Bertz CT molecular complexity index is 841. The van der Waals surface area contributed by atoms with E-state index in [4.69, 9.17) is 16.3 Å². The van der Waals surface area contributed by atoms with Crippen molar-refractivity contribution in [2.75, 3.05) is 13.3 Å². The average molecular weight is 362 g/mol. The van der Waals surface area contributed by atoms with Crippen LogP contribution in [0.2, 0.25) is 5.02 Å². The molecule has 0 fully saturated rings. The van der Waals surface area contributed by atoms with Gasteiger partial charge < -0.3 is 10.1 Å². The molecule has 0 heterocycles. The lowest BCUT2D eigenvalue weighted by Gasteiger charge is -2.14. The highest BCUT2D eigenvalue weighted by molar-refractivity contribution is 7.90. The van der Waals surface area contributed by atoms with Crippen LogP contribution in [0.5, 0.6) is 11.5 Å². The Morgan fingerprint density at radius 3 is 2.39 bits per heavy atom. The largest absolute Gasteiger partial charge is 0.454 e. The number of ether oxygens (including phenoxy) is 1. The summed E-state index contributed by atoms with van der Waals surface area (Å²) in [6, 6.07) is 5.90. The molecule has 0 aliphatic rings. The summed E-state index contributed by atoms with van der Waals surface area (Å²) in [6.07, 6.45) is 0.885. The van der Waals surface area contributed by atoms with Crippen LogP contribution in [-0.4, -0.2) is 21.7 Å². The van der Waals surface area contributed by atoms with Crippen molar-refractivity contribution in [3.8, 4) is 11.5 Å². The van der Waals surface area contributed by atoms with Crippen LogP contribution in [0.1, 0.15) is 5.56 Å². The third-order valence-corrected chi connectivity index (χ3v) is 4.34. The first-order chi connectivity index (χ1) is 10.7. The van der Waals surface area contributed by atoms with Gasteiger partial charge in [0.1, 0.15) is 16.5 Å². The Labute approximate surface area is 138 Å². The maximum Gasteiger partial charge on any atom is 0.178 e. The molecule has 0 aliphatic carbocycles. The summed E-state index contributed by atoms with van der Waals surface area (Å²) in [6.45, 7) is 0.214. The highest BCUT2D eigenvalue weighted by Gasteiger charge is 2.19. The summed E-state index contributed by atoms with van der Waals surface area (Å²) in [5.41, 5.74) is 0.353. The van der Waals surface area contributed by atoms with Gasteiger partial charge in [0, 0.05) is 29.5 Å². The normalized spacial score (nSPS) is 11.5. The molecule has 124 valence electrons. The number of sulfone groups is 1. The van der Waals surface area contributed by atoms with E-state index in [9.17, 15) is 17.2 Å². The van der Waals surface area contributed by atoms with Gasteiger partial charge in [0.15, 0.2) is 21.4 Å². The third kappa shape index (κ3) is 4.19. The van der Waals surface area contributed by atoms with E-state index in [1.807, 2.05) is 0 Å². The highest BCUT2D eigenvalue weighted by Crippen LogP contribution is 2.32. The fourth-order valence-corrected chi connectivity index (χ4v) is 2.85. The first kappa shape index (κ1) is 17.7. The van der Waals surface area contributed by atoms with Gasteiger partial charge in [0.05, 0.1) is 0 Å². The third-order valence-electron chi connectivity index (χ3n) is 3.00. The van der Waals surface area contributed by atoms with Crippen molar-refractivity contribution < 1.29 is 21.9 Å². The molecule has 2 rings (SSSR count). The van der Waals surface area contributed by atoms with Crippen molar-refractivity contribution in [3.05, 3.63) is 52.6 Å². The van der Waals surface area contributed by atoms with E-state index in [1.54, 1.807) is 7.05 Å². The van der Waals surface area contributed by atoms with E-state index in [0.29, 0.717) is 5.56 Å². The van der Waals surface area contributed by atoms with Crippen LogP contribution in [0.25, 0.3) is 0 Å². The van der Waals surface area contributed by atoms with Gasteiger partial charge in [-0.1, -0.05) is 11.6 Å². The van der Waals surface area contributed by atoms with Gasteiger partial charge in [0.25, 0.3) is 0 Å².